The third kappa shape index (κ3) is 4.77. The molecular weight excluding hydrogens is 174 g/mol. The Kier molecular flexibility index (Phi) is 3.33. The fourth-order valence-electron chi connectivity index (χ4n) is 0.258. The molecule has 0 atom stereocenters. The SMILES string of the molecule is C=C(C)/C(Cl)=C/P(=O)(O)O. The number of halogens is 1. The lowest BCUT2D eigenvalue weighted by atomic mass is 10.3. The second-order valence-corrected chi connectivity index (χ2v) is 3.69. The predicted octanol–water partition coefficient (Wildman–Crippen LogP) is 1.82. The Morgan fingerprint density at radius 2 is 2.10 bits per heavy atom. The Balaban J connectivity index is 4.48. The first kappa shape index (κ1) is 9.92. The number of hydrogen-bond acceptors (Lipinski definition) is 1. The topological polar surface area (TPSA) is 57.5 Å². The van der Waals surface area contributed by atoms with Crippen molar-refractivity contribution in [3.63, 3.8) is 0 Å². The average Bonchev–Trinajstić information content (AvgIpc) is 1.60. The van der Waals surface area contributed by atoms with Crippen molar-refractivity contribution in [1.29, 1.82) is 0 Å². The van der Waals surface area contributed by atoms with Crippen LogP contribution in [0.25, 0.3) is 0 Å². The van der Waals surface area contributed by atoms with Crippen molar-refractivity contribution in [2.75, 3.05) is 0 Å². The van der Waals surface area contributed by atoms with Crippen LogP contribution < -0.4 is 0 Å². The van der Waals surface area contributed by atoms with Gasteiger partial charge in [-0.1, -0.05) is 18.2 Å². The molecule has 0 amide bonds. The van der Waals surface area contributed by atoms with Gasteiger partial charge < -0.3 is 9.79 Å². The van der Waals surface area contributed by atoms with E-state index in [2.05, 4.69) is 6.58 Å². The van der Waals surface area contributed by atoms with E-state index in [0.29, 0.717) is 11.4 Å². The minimum atomic E-state index is -4.13. The van der Waals surface area contributed by atoms with Crippen LogP contribution in [0.15, 0.2) is 23.0 Å². The maximum atomic E-state index is 10.2. The molecule has 0 fully saturated rings. The zero-order valence-corrected chi connectivity index (χ0v) is 7.06. The van der Waals surface area contributed by atoms with E-state index in [1.54, 1.807) is 6.92 Å². The minimum Gasteiger partial charge on any atom is -0.321 e. The van der Waals surface area contributed by atoms with Crippen LogP contribution in [0.5, 0.6) is 0 Å². The molecule has 2 N–H and O–H groups in total. The molecule has 3 nitrogen and oxygen atoms in total. The summed E-state index contributed by atoms with van der Waals surface area (Å²) in [5.74, 6) is 0.677. The third-order valence-corrected chi connectivity index (χ3v) is 1.87. The van der Waals surface area contributed by atoms with Crippen LogP contribution in [0.1, 0.15) is 6.92 Å². The molecule has 58 valence electrons. The minimum absolute atomic E-state index is 0.00772. The fraction of sp³-hybridized carbons (Fsp3) is 0.200. The molecule has 0 heterocycles. The van der Waals surface area contributed by atoms with Crippen LogP contribution in [-0.4, -0.2) is 9.79 Å². The molecule has 0 aliphatic carbocycles. The molecule has 10 heavy (non-hydrogen) atoms. The van der Waals surface area contributed by atoms with E-state index in [-0.39, 0.29) is 5.03 Å². The molecule has 0 aliphatic heterocycles. The van der Waals surface area contributed by atoms with Crippen LogP contribution in [0.4, 0.5) is 0 Å². The Morgan fingerprint density at radius 3 is 2.20 bits per heavy atom. The largest absolute Gasteiger partial charge is 0.350 e. The Morgan fingerprint density at radius 1 is 1.70 bits per heavy atom. The molecule has 0 aromatic carbocycles. The highest BCUT2D eigenvalue weighted by molar-refractivity contribution is 7.55. The van der Waals surface area contributed by atoms with Crippen molar-refractivity contribution in [2.24, 2.45) is 0 Å². The molecule has 0 aromatic rings. The standard InChI is InChI=1S/C5H8ClO3P/c1-4(2)5(6)3-10(7,8)9/h3H,1H2,2H3,(H2,7,8,9)/b5-3-. The van der Waals surface area contributed by atoms with Gasteiger partial charge in [-0.2, -0.15) is 0 Å². The molecular formula is C5H8ClO3P. The van der Waals surface area contributed by atoms with Crippen molar-refractivity contribution >= 4 is 19.2 Å². The first-order chi connectivity index (χ1) is 4.33. The van der Waals surface area contributed by atoms with Crippen LogP contribution >= 0.6 is 19.2 Å². The number of allylic oxidation sites excluding steroid dienone is 2. The van der Waals surface area contributed by atoms with Gasteiger partial charge in [0.05, 0.1) is 5.03 Å². The molecule has 0 saturated heterocycles. The summed E-state index contributed by atoms with van der Waals surface area (Å²) < 4.78 is 10.2. The van der Waals surface area contributed by atoms with Crippen molar-refractivity contribution in [1.82, 2.24) is 0 Å². The summed E-state index contributed by atoms with van der Waals surface area (Å²) in [5.41, 5.74) is 0.435. The van der Waals surface area contributed by atoms with Gasteiger partial charge in [-0.15, -0.1) is 0 Å². The van der Waals surface area contributed by atoms with E-state index in [0.717, 1.165) is 0 Å². The van der Waals surface area contributed by atoms with Gasteiger partial charge in [0, 0.05) is 5.82 Å². The lowest BCUT2D eigenvalue weighted by Crippen LogP contribution is -1.75. The Hall–Kier alpha value is -0.0800. The third-order valence-electron chi connectivity index (χ3n) is 0.689. The monoisotopic (exact) mass is 182 g/mol. The zero-order chi connectivity index (χ0) is 8.36. The maximum Gasteiger partial charge on any atom is 0.350 e. The van der Waals surface area contributed by atoms with E-state index in [1.807, 2.05) is 0 Å². The highest BCUT2D eigenvalue weighted by Gasteiger charge is 2.09. The van der Waals surface area contributed by atoms with Crippen LogP contribution in [0.3, 0.4) is 0 Å². The highest BCUT2D eigenvalue weighted by atomic mass is 35.5. The molecule has 5 heteroatoms. The van der Waals surface area contributed by atoms with Crippen LogP contribution in [0.2, 0.25) is 0 Å². The summed E-state index contributed by atoms with van der Waals surface area (Å²) in [5, 5.41) is 0.00772. The van der Waals surface area contributed by atoms with E-state index in [1.165, 1.54) is 0 Å². The van der Waals surface area contributed by atoms with Crippen LogP contribution in [0, 0.1) is 0 Å². The predicted molar refractivity (Wildman–Crippen MR) is 40.8 cm³/mol. The molecule has 0 saturated carbocycles. The summed E-state index contributed by atoms with van der Waals surface area (Å²) >= 11 is 5.37. The maximum absolute atomic E-state index is 10.2. The quantitative estimate of drug-likeness (QED) is 0.506. The van der Waals surface area contributed by atoms with Gasteiger partial charge in [-0.25, -0.2) is 0 Å². The summed E-state index contributed by atoms with van der Waals surface area (Å²) in [6, 6.07) is 0. The molecule has 0 aliphatic rings. The van der Waals surface area contributed by atoms with Gasteiger partial charge >= 0.3 is 7.60 Å². The number of rotatable bonds is 2. The van der Waals surface area contributed by atoms with Crippen LogP contribution in [-0.2, 0) is 4.57 Å². The first-order valence-electron chi connectivity index (χ1n) is 2.42. The summed E-state index contributed by atoms with van der Waals surface area (Å²) in [6.07, 6.45) is 0. The van der Waals surface area contributed by atoms with E-state index in [9.17, 15) is 4.57 Å². The van der Waals surface area contributed by atoms with Gasteiger partial charge in [0.2, 0.25) is 0 Å². The van der Waals surface area contributed by atoms with Crippen molar-refractivity contribution in [2.45, 2.75) is 6.92 Å². The molecule has 0 unspecified atom stereocenters. The molecule has 0 rings (SSSR count). The normalized spacial score (nSPS) is 13.4. The van der Waals surface area contributed by atoms with Gasteiger partial charge in [0.25, 0.3) is 0 Å². The zero-order valence-electron chi connectivity index (χ0n) is 5.41. The van der Waals surface area contributed by atoms with Gasteiger partial charge in [0.1, 0.15) is 0 Å². The summed E-state index contributed by atoms with van der Waals surface area (Å²) in [4.78, 5) is 16.7. The lowest BCUT2D eigenvalue weighted by molar-refractivity contribution is 0.386. The average molecular weight is 183 g/mol. The van der Waals surface area contributed by atoms with E-state index < -0.39 is 7.60 Å². The fourth-order valence-corrected chi connectivity index (χ4v) is 1.15. The highest BCUT2D eigenvalue weighted by Crippen LogP contribution is 2.39. The van der Waals surface area contributed by atoms with Gasteiger partial charge in [-0.3, -0.25) is 4.57 Å². The van der Waals surface area contributed by atoms with E-state index in [4.69, 9.17) is 21.4 Å². The first-order valence-corrected chi connectivity index (χ1v) is 4.48. The smallest absolute Gasteiger partial charge is 0.321 e. The van der Waals surface area contributed by atoms with E-state index >= 15 is 0 Å². The van der Waals surface area contributed by atoms with Gasteiger partial charge in [-0.05, 0) is 12.5 Å². The second-order valence-electron chi connectivity index (χ2n) is 1.85. The molecule has 0 bridgehead atoms. The Labute approximate surface area is 64.2 Å². The summed E-state index contributed by atoms with van der Waals surface area (Å²) in [6.45, 7) is 4.96. The van der Waals surface area contributed by atoms with Crippen molar-refractivity contribution in [3.8, 4) is 0 Å². The Bertz CT molecular complexity index is 215. The lowest BCUT2D eigenvalue weighted by Gasteiger charge is -1.97. The molecule has 0 radical (unpaired) electrons. The second kappa shape index (κ2) is 3.35. The molecule has 0 spiro atoms. The number of hydrogen-bond donors (Lipinski definition) is 2. The van der Waals surface area contributed by atoms with Crippen molar-refractivity contribution < 1.29 is 14.4 Å². The van der Waals surface area contributed by atoms with Gasteiger partial charge in [0.15, 0.2) is 0 Å². The molecule has 0 aromatic heterocycles. The summed E-state index contributed by atoms with van der Waals surface area (Å²) in [7, 11) is -4.13. The van der Waals surface area contributed by atoms with Crippen molar-refractivity contribution in [3.05, 3.63) is 23.0 Å².